The summed E-state index contributed by atoms with van der Waals surface area (Å²) < 4.78 is 0. The predicted octanol–water partition coefficient (Wildman–Crippen LogP) is 1.94. The standard InChI is InChI=1S/C14H20N2O/c1-10(15)13-8-14(17)16(9-13)11(2)12-6-4-3-5-7-12/h3-7,10-11,13H,8-9,15H2,1-2H3/t10-,11-,13?/m0/s1. The monoisotopic (exact) mass is 232 g/mol. The van der Waals surface area contributed by atoms with Gasteiger partial charge in [-0.1, -0.05) is 30.3 Å². The summed E-state index contributed by atoms with van der Waals surface area (Å²) in [5.74, 6) is 0.525. The second-order valence-corrected chi connectivity index (χ2v) is 4.96. The molecule has 1 aliphatic rings. The molecule has 2 rings (SSSR count). The van der Waals surface area contributed by atoms with Gasteiger partial charge in [0.1, 0.15) is 0 Å². The Hall–Kier alpha value is -1.35. The van der Waals surface area contributed by atoms with E-state index in [4.69, 9.17) is 5.73 Å². The predicted molar refractivity (Wildman–Crippen MR) is 68.3 cm³/mol. The van der Waals surface area contributed by atoms with Gasteiger partial charge in [0.25, 0.3) is 0 Å². The minimum atomic E-state index is 0.0897. The summed E-state index contributed by atoms with van der Waals surface area (Å²) in [6, 6.07) is 10.4. The lowest BCUT2D eigenvalue weighted by molar-refractivity contribution is -0.129. The molecule has 2 N–H and O–H groups in total. The Kier molecular flexibility index (Phi) is 3.48. The van der Waals surface area contributed by atoms with E-state index >= 15 is 0 Å². The summed E-state index contributed by atoms with van der Waals surface area (Å²) in [6.45, 7) is 4.85. The minimum absolute atomic E-state index is 0.0897. The maximum atomic E-state index is 12.0. The summed E-state index contributed by atoms with van der Waals surface area (Å²) in [6.07, 6.45) is 0.592. The van der Waals surface area contributed by atoms with Crippen molar-refractivity contribution in [2.75, 3.05) is 6.54 Å². The van der Waals surface area contributed by atoms with Gasteiger partial charge in [-0.05, 0) is 19.4 Å². The molecule has 92 valence electrons. The molecule has 0 saturated carbocycles. The lowest BCUT2D eigenvalue weighted by atomic mass is 10.0. The van der Waals surface area contributed by atoms with Crippen molar-refractivity contribution in [2.24, 2.45) is 11.7 Å². The van der Waals surface area contributed by atoms with Gasteiger partial charge in [-0.25, -0.2) is 0 Å². The van der Waals surface area contributed by atoms with Gasteiger partial charge in [-0.15, -0.1) is 0 Å². The largest absolute Gasteiger partial charge is 0.336 e. The van der Waals surface area contributed by atoms with Gasteiger partial charge in [0.05, 0.1) is 6.04 Å². The molecule has 0 bridgehead atoms. The highest BCUT2D eigenvalue weighted by Crippen LogP contribution is 2.29. The summed E-state index contributed by atoms with van der Waals surface area (Å²) in [5, 5.41) is 0. The van der Waals surface area contributed by atoms with E-state index < -0.39 is 0 Å². The van der Waals surface area contributed by atoms with E-state index in [-0.39, 0.29) is 18.0 Å². The Morgan fingerprint density at radius 1 is 1.29 bits per heavy atom. The van der Waals surface area contributed by atoms with Crippen LogP contribution >= 0.6 is 0 Å². The smallest absolute Gasteiger partial charge is 0.223 e. The van der Waals surface area contributed by atoms with Crippen LogP contribution in [0, 0.1) is 5.92 Å². The summed E-state index contributed by atoms with van der Waals surface area (Å²) in [4.78, 5) is 13.9. The van der Waals surface area contributed by atoms with E-state index in [1.807, 2.05) is 30.0 Å². The minimum Gasteiger partial charge on any atom is -0.336 e. The van der Waals surface area contributed by atoms with Crippen LogP contribution in [-0.2, 0) is 4.79 Å². The average molecular weight is 232 g/mol. The fraction of sp³-hybridized carbons (Fsp3) is 0.500. The Balaban J connectivity index is 2.11. The highest BCUT2D eigenvalue weighted by atomic mass is 16.2. The zero-order chi connectivity index (χ0) is 12.4. The fourth-order valence-electron chi connectivity index (χ4n) is 2.40. The van der Waals surface area contributed by atoms with Crippen molar-refractivity contribution in [2.45, 2.75) is 32.4 Å². The molecule has 3 heteroatoms. The number of likely N-dealkylation sites (tertiary alicyclic amines) is 1. The quantitative estimate of drug-likeness (QED) is 0.865. The van der Waals surface area contributed by atoms with Gasteiger partial charge in [0.15, 0.2) is 0 Å². The number of nitrogens with two attached hydrogens (primary N) is 1. The second-order valence-electron chi connectivity index (χ2n) is 4.96. The molecule has 1 aromatic carbocycles. The van der Waals surface area contributed by atoms with Gasteiger partial charge in [-0.3, -0.25) is 4.79 Å². The van der Waals surface area contributed by atoms with Gasteiger partial charge >= 0.3 is 0 Å². The molecule has 1 fully saturated rings. The molecule has 3 atom stereocenters. The van der Waals surface area contributed by atoms with Crippen molar-refractivity contribution in [1.82, 2.24) is 4.90 Å². The lowest BCUT2D eigenvalue weighted by Gasteiger charge is -2.25. The first-order valence-corrected chi connectivity index (χ1v) is 6.19. The number of nitrogens with zero attached hydrogens (tertiary/aromatic N) is 1. The zero-order valence-electron chi connectivity index (χ0n) is 10.5. The van der Waals surface area contributed by atoms with E-state index in [1.54, 1.807) is 0 Å². The number of carbonyl (C=O) groups is 1. The highest BCUT2D eigenvalue weighted by molar-refractivity contribution is 5.79. The molecular weight excluding hydrogens is 212 g/mol. The number of carbonyl (C=O) groups excluding carboxylic acids is 1. The molecular formula is C14H20N2O. The summed E-state index contributed by atoms with van der Waals surface area (Å²) in [5.41, 5.74) is 7.07. The van der Waals surface area contributed by atoms with Crippen LogP contribution in [0.3, 0.4) is 0 Å². The molecule has 1 aliphatic heterocycles. The van der Waals surface area contributed by atoms with Crippen molar-refractivity contribution in [1.29, 1.82) is 0 Å². The Bertz CT molecular complexity index is 388. The molecule has 1 heterocycles. The molecule has 3 nitrogen and oxygen atoms in total. The number of hydrogen-bond acceptors (Lipinski definition) is 2. The van der Waals surface area contributed by atoms with E-state index in [9.17, 15) is 4.79 Å². The van der Waals surface area contributed by atoms with Gasteiger partial charge in [0.2, 0.25) is 5.91 Å². The fourth-order valence-corrected chi connectivity index (χ4v) is 2.40. The first kappa shape index (κ1) is 12.1. The highest BCUT2D eigenvalue weighted by Gasteiger charge is 2.34. The van der Waals surface area contributed by atoms with Crippen molar-refractivity contribution < 1.29 is 4.79 Å². The molecule has 0 spiro atoms. The molecule has 17 heavy (non-hydrogen) atoms. The van der Waals surface area contributed by atoms with Crippen molar-refractivity contribution in [3.63, 3.8) is 0 Å². The third kappa shape index (κ3) is 2.50. The van der Waals surface area contributed by atoms with Crippen LogP contribution in [-0.4, -0.2) is 23.4 Å². The SMILES string of the molecule is C[C@H](N)C1CC(=O)N([C@@H](C)c2ccccc2)C1. The maximum absolute atomic E-state index is 12.0. The first-order valence-electron chi connectivity index (χ1n) is 6.19. The third-order valence-corrected chi connectivity index (χ3v) is 3.68. The number of rotatable bonds is 3. The second kappa shape index (κ2) is 4.88. The molecule has 0 aliphatic carbocycles. The number of benzene rings is 1. The molecule has 0 radical (unpaired) electrons. The van der Waals surface area contributed by atoms with E-state index in [0.29, 0.717) is 12.3 Å². The molecule has 1 unspecified atom stereocenters. The van der Waals surface area contributed by atoms with Crippen LogP contribution in [0.4, 0.5) is 0 Å². The topological polar surface area (TPSA) is 46.3 Å². The van der Waals surface area contributed by atoms with Crippen LogP contribution in [0.5, 0.6) is 0 Å². The van der Waals surface area contributed by atoms with Crippen LogP contribution in [0.2, 0.25) is 0 Å². The summed E-state index contributed by atoms with van der Waals surface area (Å²) >= 11 is 0. The van der Waals surface area contributed by atoms with Crippen LogP contribution < -0.4 is 5.73 Å². The molecule has 0 aromatic heterocycles. The van der Waals surface area contributed by atoms with Crippen molar-refractivity contribution in [3.8, 4) is 0 Å². The van der Waals surface area contributed by atoms with Crippen LogP contribution in [0.25, 0.3) is 0 Å². The molecule has 1 saturated heterocycles. The number of hydrogen-bond donors (Lipinski definition) is 1. The Morgan fingerprint density at radius 2 is 1.94 bits per heavy atom. The Labute approximate surface area is 103 Å². The maximum Gasteiger partial charge on any atom is 0.223 e. The van der Waals surface area contributed by atoms with Crippen LogP contribution in [0.15, 0.2) is 30.3 Å². The van der Waals surface area contributed by atoms with Gasteiger partial charge in [-0.2, -0.15) is 0 Å². The molecule has 1 aromatic rings. The van der Waals surface area contributed by atoms with E-state index in [1.165, 1.54) is 5.56 Å². The normalized spacial score (nSPS) is 23.8. The van der Waals surface area contributed by atoms with Crippen molar-refractivity contribution in [3.05, 3.63) is 35.9 Å². The van der Waals surface area contributed by atoms with Crippen molar-refractivity contribution >= 4 is 5.91 Å². The van der Waals surface area contributed by atoms with Gasteiger partial charge in [0, 0.05) is 24.9 Å². The molecule has 1 amide bonds. The first-order chi connectivity index (χ1) is 8.09. The van der Waals surface area contributed by atoms with Crippen LogP contribution in [0.1, 0.15) is 31.9 Å². The third-order valence-electron chi connectivity index (χ3n) is 3.68. The number of amides is 1. The average Bonchev–Trinajstić information content (AvgIpc) is 2.72. The summed E-state index contributed by atoms with van der Waals surface area (Å²) in [7, 11) is 0. The lowest BCUT2D eigenvalue weighted by Crippen LogP contribution is -2.32. The Morgan fingerprint density at radius 3 is 2.47 bits per heavy atom. The van der Waals surface area contributed by atoms with E-state index in [0.717, 1.165) is 6.54 Å². The van der Waals surface area contributed by atoms with Gasteiger partial charge < -0.3 is 10.6 Å². The zero-order valence-corrected chi connectivity index (χ0v) is 10.5. The van der Waals surface area contributed by atoms with E-state index in [2.05, 4.69) is 19.1 Å².